The van der Waals surface area contributed by atoms with E-state index in [4.69, 9.17) is 0 Å². The van der Waals surface area contributed by atoms with E-state index in [2.05, 4.69) is 0 Å². The molecule has 3 heteroatoms. The third-order valence-electron chi connectivity index (χ3n) is 2.27. The number of aldehydes is 1. The standard InChI is InChI=1S/C13H17NO2/c1-10-4-5-13(16)12(8-10)11(9-15)6-7-14(2)3/h4-6,8-9,16H,7H2,1-3H3/b11-6-. The van der Waals surface area contributed by atoms with Crippen LogP contribution in [-0.4, -0.2) is 36.9 Å². The lowest BCUT2D eigenvalue weighted by molar-refractivity contribution is -0.103. The highest BCUT2D eigenvalue weighted by Crippen LogP contribution is 2.24. The van der Waals surface area contributed by atoms with Gasteiger partial charge in [0.1, 0.15) is 5.75 Å². The lowest BCUT2D eigenvalue weighted by atomic mass is 10.0. The molecule has 0 fully saturated rings. The largest absolute Gasteiger partial charge is 0.507 e. The Balaban J connectivity index is 3.08. The van der Waals surface area contributed by atoms with Crippen LogP contribution in [0.4, 0.5) is 0 Å². The van der Waals surface area contributed by atoms with Crippen molar-refractivity contribution in [3.8, 4) is 5.75 Å². The number of carbonyl (C=O) groups is 1. The van der Waals surface area contributed by atoms with Crippen molar-refractivity contribution < 1.29 is 9.90 Å². The summed E-state index contributed by atoms with van der Waals surface area (Å²) >= 11 is 0. The van der Waals surface area contributed by atoms with Gasteiger partial charge in [-0.3, -0.25) is 4.79 Å². The molecule has 0 unspecified atom stereocenters. The quantitative estimate of drug-likeness (QED) is 0.620. The molecular weight excluding hydrogens is 202 g/mol. The summed E-state index contributed by atoms with van der Waals surface area (Å²) in [5, 5.41) is 9.69. The molecule has 0 atom stereocenters. The van der Waals surface area contributed by atoms with E-state index in [1.165, 1.54) is 0 Å². The zero-order chi connectivity index (χ0) is 12.1. The van der Waals surface area contributed by atoms with Gasteiger partial charge >= 0.3 is 0 Å². The Hall–Kier alpha value is -1.61. The van der Waals surface area contributed by atoms with Crippen LogP contribution >= 0.6 is 0 Å². The first kappa shape index (κ1) is 12.5. The summed E-state index contributed by atoms with van der Waals surface area (Å²) < 4.78 is 0. The van der Waals surface area contributed by atoms with Gasteiger partial charge < -0.3 is 10.0 Å². The molecule has 0 saturated heterocycles. The van der Waals surface area contributed by atoms with E-state index < -0.39 is 0 Å². The van der Waals surface area contributed by atoms with Crippen molar-refractivity contribution in [1.29, 1.82) is 0 Å². The second-order valence-electron chi connectivity index (χ2n) is 4.06. The average molecular weight is 219 g/mol. The first-order chi connectivity index (χ1) is 7.54. The molecule has 3 nitrogen and oxygen atoms in total. The Morgan fingerprint density at radius 1 is 1.44 bits per heavy atom. The highest BCUT2D eigenvalue weighted by atomic mass is 16.3. The van der Waals surface area contributed by atoms with Crippen molar-refractivity contribution in [2.75, 3.05) is 20.6 Å². The number of likely N-dealkylation sites (N-methyl/N-ethyl adjacent to an activating group) is 1. The number of aryl methyl sites for hydroxylation is 1. The number of allylic oxidation sites excluding steroid dienone is 1. The molecule has 0 saturated carbocycles. The van der Waals surface area contributed by atoms with E-state index in [1.807, 2.05) is 44.1 Å². The average Bonchev–Trinajstić information content (AvgIpc) is 2.23. The van der Waals surface area contributed by atoms with Gasteiger partial charge in [-0.1, -0.05) is 17.7 Å². The minimum Gasteiger partial charge on any atom is -0.507 e. The summed E-state index contributed by atoms with van der Waals surface area (Å²) in [6, 6.07) is 5.23. The molecule has 1 N–H and O–H groups in total. The van der Waals surface area contributed by atoms with Gasteiger partial charge in [0.05, 0.1) is 0 Å². The second-order valence-corrected chi connectivity index (χ2v) is 4.06. The molecule has 0 aliphatic heterocycles. The molecule has 86 valence electrons. The van der Waals surface area contributed by atoms with E-state index >= 15 is 0 Å². The van der Waals surface area contributed by atoms with E-state index in [9.17, 15) is 9.90 Å². The smallest absolute Gasteiger partial charge is 0.150 e. The van der Waals surface area contributed by atoms with Gasteiger partial charge in [-0.2, -0.15) is 0 Å². The van der Waals surface area contributed by atoms with Gasteiger partial charge in [0.15, 0.2) is 6.29 Å². The zero-order valence-corrected chi connectivity index (χ0v) is 9.90. The first-order valence-corrected chi connectivity index (χ1v) is 5.14. The number of benzene rings is 1. The predicted molar refractivity (Wildman–Crippen MR) is 65.4 cm³/mol. The van der Waals surface area contributed by atoms with Crippen molar-refractivity contribution in [3.63, 3.8) is 0 Å². The van der Waals surface area contributed by atoms with Crippen LogP contribution in [0.3, 0.4) is 0 Å². The van der Waals surface area contributed by atoms with Crippen LogP contribution in [0.1, 0.15) is 11.1 Å². The fourth-order valence-corrected chi connectivity index (χ4v) is 1.38. The Morgan fingerprint density at radius 3 is 2.69 bits per heavy atom. The first-order valence-electron chi connectivity index (χ1n) is 5.14. The SMILES string of the molecule is Cc1ccc(O)c(/C(C=O)=C\CN(C)C)c1. The molecule has 0 aliphatic rings. The number of carbonyl (C=O) groups excluding carboxylic acids is 1. The topological polar surface area (TPSA) is 40.5 Å². The normalized spacial score (nSPS) is 11.9. The summed E-state index contributed by atoms with van der Waals surface area (Å²) in [7, 11) is 3.85. The highest BCUT2D eigenvalue weighted by Gasteiger charge is 2.06. The lowest BCUT2D eigenvalue weighted by Gasteiger charge is -2.08. The van der Waals surface area contributed by atoms with Crippen LogP contribution in [0.2, 0.25) is 0 Å². The van der Waals surface area contributed by atoms with Crippen LogP contribution < -0.4 is 0 Å². The van der Waals surface area contributed by atoms with Crippen molar-refractivity contribution in [2.24, 2.45) is 0 Å². The number of hydrogen-bond acceptors (Lipinski definition) is 3. The Labute approximate surface area is 96.0 Å². The molecular formula is C13H17NO2. The van der Waals surface area contributed by atoms with Gasteiger partial charge in [-0.25, -0.2) is 0 Å². The maximum Gasteiger partial charge on any atom is 0.150 e. The highest BCUT2D eigenvalue weighted by molar-refractivity contribution is 6.08. The molecule has 1 aromatic carbocycles. The maximum atomic E-state index is 11.0. The summed E-state index contributed by atoms with van der Waals surface area (Å²) in [5.74, 6) is 0.141. The number of phenolic OH excluding ortho intramolecular Hbond substituents is 1. The van der Waals surface area contributed by atoms with Gasteiger partial charge in [-0.05, 0) is 33.2 Å². The minimum absolute atomic E-state index is 0.141. The zero-order valence-electron chi connectivity index (χ0n) is 9.90. The second kappa shape index (κ2) is 5.47. The van der Waals surface area contributed by atoms with Crippen molar-refractivity contribution in [2.45, 2.75) is 6.92 Å². The van der Waals surface area contributed by atoms with Crippen LogP contribution in [0.25, 0.3) is 5.57 Å². The van der Waals surface area contributed by atoms with Crippen molar-refractivity contribution >= 4 is 11.9 Å². The molecule has 0 amide bonds. The van der Waals surface area contributed by atoms with Gasteiger partial charge in [-0.15, -0.1) is 0 Å². The molecule has 16 heavy (non-hydrogen) atoms. The van der Waals surface area contributed by atoms with E-state index in [0.717, 1.165) is 11.8 Å². The van der Waals surface area contributed by atoms with Crippen molar-refractivity contribution in [1.82, 2.24) is 4.90 Å². The summed E-state index contributed by atoms with van der Waals surface area (Å²) in [6.07, 6.45) is 2.58. The van der Waals surface area contributed by atoms with Gasteiger partial charge in [0.25, 0.3) is 0 Å². The Bertz CT molecular complexity index is 408. The number of aromatic hydroxyl groups is 1. The molecule has 0 heterocycles. The summed E-state index contributed by atoms with van der Waals surface area (Å²) in [4.78, 5) is 12.9. The molecule has 0 aliphatic carbocycles. The van der Waals surface area contributed by atoms with Gasteiger partial charge in [0.2, 0.25) is 0 Å². The van der Waals surface area contributed by atoms with E-state index in [0.29, 0.717) is 17.7 Å². The number of hydrogen-bond donors (Lipinski definition) is 1. The third kappa shape index (κ3) is 3.21. The van der Waals surface area contributed by atoms with Crippen LogP contribution in [0.5, 0.6) is 5.75 Å². The third-order valence-corrected chi connectivity index (χ3v) is 2.27. The maximum absolute atomic E-state index is 11.0. The molecule has 0 aromatic heterocycles. The summed E-state index contributed by atoms with van der Waals surface area (Å²) in [6.45, 7) is 2.60. The monoisotopic (exact) mass is 219 g/mol. The number of rotatable bonds is 4. The minimum atomic E-state index is 0.141. The predicted octanol–water partition coefficient (Wildman–Crippen LogP) is 1.84. The molecule has 1 aromatic rings. The molecule has 0 radical (unpaired) electrons. The Kier molecular flexibility index (Phi) is 4.26. The molecule has 1 rings (SSSR count). The fourth-order valence-electron chi connectivity index (χ4n) is 1.38. The van der Waals surface area contributed by atoms with Crippen molar-refractivity contribution in [3.05, 3.63) is 35.4 Å². The number of phenols is 1. The van der Waals surface area contributed by atoms with Gasteiger partial charge in [0, 0.05) is 17.7 Å². The molecule has 0 spiro atoms. The summed E-state index contributed by atoms with van der Waals surface area (Å²) in [5.41, 5.74) is 2.14. The number of nitrogens with zero attached hydrogens (tertiary/aromatic N) is 1. The lowest BCUT2D eigenvalue weighted by Crippen LogP contribution is -2.11. The molecule has 0 bridgehead atoms. The van der Waals surface area contributed by atoms with Crippen LogP contribution in [-0.2, 0) is 4.79 Å². The van der Waals surface area contributed by atoms with Crippen LogP contribution in [0.15, 0.2) is 24.3 Å². The van der Waals surface area contributed by atoms with Crippen LogP contribution in [0, 0.1) is 6.92 Å². The fraction of sp³-hybridized carbons (Fsp3) is 0.308. The van der Waals surface area contributed by atoms with E-state index in [1.54, 1.807) is 6.07 Å². The van der Waals surface area contributed by atoms with E-state index in [-0.39, 0.29) is 5.75 Å². The Morgan fingerprint density at radius 2 is 2.12 bits per heavy atom.